The van der Waals surface area contributed by atoms with Gasteiger partial charge in [-0.15, -0.1) is 0 Å². The number of aromatic nitrogens is 1. The van der Waals surface area contributed by atoms with Crippen LogP contribution in [0.2, 0.25) is 0 Å². The Balaban J connectivity index is 1.79. The third-order valence-corrected chi connectivity index (χ3v) is 3.30. The molecule has 2 aromatic rings. The Kier molecular flexibility index (Phi) is 3.57. The van der Waals surface area contributed by atoms with E-state index in [2.05, 4.69) is 31.5 Å². The summed E-state index contributed by atoms with van der Waals surface area (Å²) in [6, 6.07) is 8.39. The number of amides is 2. The molecule has 0 aliphatic carbocycles. The third kappa shape index (κ3) is 3.03. The van der Waals surface area contributed by atoms with Crippen molar-refractivity contribution in [2.45, 2.75) is 0 Å². The van der Waals surface area contributed by atoms with Crippen LogP contribution in [0.5, 0.6) is 5.75 Å². The SMILES string of the molecule is O=C1COc2ccc(NC(=O)c3ccc(Br)cn3)cc2N1. The van der Waals surface area contributed by atoms with E-state index in [0.29, 0.717) is 22.8 Å². The summed E-state index contributed by atoms with van der Waals surface area (Å²) in [7, 11) is 0. The Hall–Kier alpha value is -2.41. The Morgan fingerprint density at radius 1 is 1.33 bits per heavy atom. The first kappa shape index (κ1) is 13.6. The minimum atomic E-state index is -0.328. The molecule has 1 aliphatic rings. The van der Waals surface area contributed by atoms with Gasteiger partial charge in [0, 0.05) is 16.4 Å². The summed E-state index contributed by atoms with van der Waals surface area (Å²) < 4.78 is 6.05. The Morgan fingerprint density at radius 2 is 2.19 bits per heavy atom. The van der Waals surface area contributed by atoms with Crippen LogP contribution in [0.3, 0.4) is 0 Å². The predicted octanol–water partition coefficient (Wildman–Crippen LogP) is 2.43. The maximum absolute atomic E-state index is 12.1. The van der Waals surface area contributed by atoms with E-state index in [4.69, 9.17) is 4.74 Å². The van der Waals surface area contributed by atoms with E-state index in [0.717, 1.165) is 4.47 Å². The van der Waals surface area contributed by atoms with Gasteiger partial charge in [-0.1, -0.05) is 0 Å². The van der Waals surface area contributed by atoms with Crippen LogP contribution in [0.15, 0.2) is 41.0 Å². The molecule has 7 heteroatoms. The van der Waals surface area contributed by atoms with Crippen molar-refractivity contribution >= 4 is 39.1 Å². The van der Waals surface area contributed by atoms with E-state index in [1.165, 1.54) is 0 Å². The zero-order chi connectivity index (χ0) is 14.8. The minimum absolute atomic E-state index is 0.00151. The standard InChI is InChI=1S/C14H10BrN3O3/c15-8-1-3-10(16-6-8)14(20)17-9-2-4-12-11(5-9)18-13(19)7-21-12/h1-6H,7H2,(H,17,20)(H,18,19). The minimum Gasteiger partial charge on any atom is -0.482 e. The largest absolute Gasteiger partial charge is 0.482 e. The molecule has 0 saturated heterocycles. The molecule has 2 heterocycles. The molecule has 1 aromatic carbocycles. The summed E-state index contributed by atoms with van der Waals surface area (Å²) >= 11 is 3.26. The molecule has 0 spiro atoms. The number of carbonyl (C=O) groups is 2. The quantitative estimate of drug-likeness (QED) is 0.874. The summed E-state index contributed by atoms with van der Waals surface area (Å²) in [4.78, 5) is 27.3. The number of halogens is 1. The van der Waals surface area contributed by atoms with Gasteiger partial charge in [0.1, 0.15) is 11.4 Å². The lowest BCUT2D eigenvalue weighted by Crippen LogP contribution is -2.25. The van der Waals surface area contributed by atoms with E-state index >= 15 is 0 Å². The van der Waals surface area contributed by atoms with Crippen molar-refractivity contribution in [3.63, 3.8) is 0 Å². The van der Waals surface area contributed by atoms with Gasteiger partial charge in [-0.05, 0) is 46.3 Å². The molecule has 21 heavy (non-hydrogen) atoms. The van der Waals surface area contributed by atoms with Gasteiger partial charge < -0.3 is 15.4 Å². The van der Waals surface area contributed by atoms with Crippen molar-refractivity contribution in [1.29, 1.82) is 0 Å². The highest BCUT2D eigenvalue weighted by molar-refractivity contribution is 9.10. The van der Waals surface area contributed by atoms with Crippen LogP contribution in [0.1, 0.15) is 10.5 Å². The average Bonchev–Trinajstić information content (AvgIpc) is 2.47. The van der Waals surface area contributed by atoms with Gasteiger partial charge in [-0.25, -0.2) is 4.98 Å². The van der Waals surface area contributed by atoms with E-state index in [1.807, 2.05) is 0 Å². The lowest BCUT2D eigenvalue weighted by atomic mass is 10.2. The van der Waals surface area contributed by atoms with Crippen LogP contribution >= 0.6 is 15.9 Å². The van der Waals surface area contributed by atoms with E-state index < -0.39 is 0 Å². The molecule has 6 nitrogen and oxygen atoms in total. The van der Waals surface area contributed by atoms with Crippen molar-refractivity contribution in [2.75, 3.05) is 17.2 Å². The summed E-state index contributed by atoms with van der Waals surface area (Å²) in [5.41, 5.74) is 1.39. The first-order valence-corrected chi connectivity index (χ1v) is 6.91. The van der Waals surface area contributed by atoms with Gasteiger partial charge in [0.25, 0.3) is 11.8 Å². The molecule has 1 aliphatic heterocycles. The van der Waals surface area contributed by atoms with Crippen LogP contribution in [0.4, 0.5) is 11.4 Å². The van der Waals surface area contributed by atoms with Crippen LogP contribution < -0.4 is 15.4 Å². The highest BCUT2D eigenvalue weighted by Crippen LogP contribution is 2.30. The van der Waals surface area contributed by atoms with Crippen molar-refractivity contribution in [3.05, 3.63) is 46.7 Å². The lowest BCUT2D eigenvalue weighted by Gasteiger charge is -2.18. The molecule has 0 radical (unpaired) electrons. The number of hydrogen-bond donors (Lipinski definition) is 2. The van der Waals surface area contributed by atoms with E-state index in [9.17, 15) is 9.59 Å². The molecule has 0 fully saturated rings. The van der Waals surface area contributed by atoms with Crippen LogP contribution in [-0.4, -0.2) is 23.4 Å². The zero-order valence-electron chi connectivity index (χ0n) is 10.7. The highest BCUT2D eigenvalue weighted by atomic mass is 79.9. The summed E-state index contributed by atoms with van der Waals surface area (Å²) in [6.45, 7) is 0.00151. The second kappa shape index (κ2) is 5.53. The zero-order valence-corrected chi connectivity index (χ0v) is 12.3. The van der Waals surface area contributed by atoms with Gasteiger partial charge in [-0.2, -0.15) is 0 Å². The van der Waals surface area contributed by atoms with Crippen molar-refractivity contribution in [2.24, 2.45) is 0 Å². The first-order valence-electron chi connectivity index (χ1n) is 6.11. The number of carbonyl (C=O) groups excluding carboxylic acids is 2. The van der Waals surface area contributed by atoms with E-state index in [1.54, 1.807) is 36.5 Å². The number of rotatable bonds is 2. The molecule has 106 valence electrons. The number of nitrogens with zero attached hydrogens (tertiary/aromatic N) is 1. The molecule has 1 aromatic heterocycles. The molecular formula is C14H10BrN3O3. The molecule has 0 bridgehead atoms. The molecule has 3 rings (SSSR count). The average molecular weight is 348 g/mol. The molecule has 2 amide bonds. The van der Waals surface area contributed by atoms with Gasteiger partial charge in [0.05, 0.1) is 5.69 Å². The number of pyridine rings is 1. The monoisotopic (exact) mass is 347 g/mol. The van der Waals surface area contributed by atoms with Crippen molar-refractivity contribution < 1.29 is 14.3 Å². The van der Waals surface area contributed by atoms with E-state index in [-0.39, 0.29) is 18.4 Å². The third-order valence-electron chi connectivity index (χ3n) is 2.83. The summed E-state index contributed by atoms with van der Waals surface area (Å²) in [5, 5.41) is 5.40. The number of benzene rings is 1. The van der Waals surface area contributed by atoms with Crippen LogP contribution in [0, 0.1) is 0 Å². The van der Waals surface area contributed by atoms with Gasteiger partial charge in [-0.3, -0.25) is 9.59 Å². The van der Waals surface area contributed by atoms with Crippen molar-refractivity contribution in [3.8, 4) is 5.75 Å². The van der Waals surface area contributed by atoms with Gasteiger partial charge in [0.2, 0.25) is 0 Å². The second-order valence-electron chi connectivity index (χ2n) is 4.36. The van der Waals surface area contributed by atoms with Crippen LogP contribution in [-0.2, 0) is 4.79 Å². The number of fused-ring (bicyclic) bond motifs is 1. The number of nitrogens with one attached hydrogen (secondary N) is 2. The Labute approximate surface area is 128 Å². The summed E-state index contributed by atoms with van der Waals surface area (Å²) in [6.07, 6.45) is 1.55. The fraction of sp³-hybridized carbons (Fsp3) is 0.0714. The normalized spacial score (nSPS) is 12.9. The Morgan fingerprint density at radius 3 is 2.95 bits per heavy atom. The molecule has 2 N–H and O–H groups in total. The smallest absolute Gasteiger partial charge is 0.274 e. The van der Waals surface area contributed by atoms with Gasteiger partial charge in [0.15, 0.2) is 6.61 Å². The molecule has 0 unspecified atom stereocenters. The highest BCUT2D eigenvalue weighted by Gasteiger charge is 2.16. The predicted molar refractivity (Wildman–Crippen MR) is 80.5 cm³/mol. The maximum atomic E-state index is 12.1. The second-order valence-corrected chi connectivity index (χ2v) is 5.28. The fourth-order valence-corrected chi connectivity index (χ4v) is 2.10. The summed E-state index contributed by atoms with van der Waals surface area (Å²) in [5.74, 6) is 0.0282. The first-order chi connectivity index (χ1) is 10.1. The van der Waals surface area contributed by atoms with Crippen LogP contribution in [0.25, 0.3) is 0 Å². The Bertz CT molecular complexity index is 716. The molecular weight excluding hydrogens is 338 g/mol. The topological polar surface area (TPSA) is 80.3 Å². The van der Waals surface area contributed by atoms with Crippen molar-refractivity contribution in [1.82, 2.24) is 4.98 Å². The number of anilines is 2. The fourth-order valence-electron chi connectivity index (χ4n) is 1.87. The molecule has 0 atom stereocenters. The maximum Gasteiger partial charge on any atom is 0.274 e. The lowest BCUT2D eigenvalue weighted by molar-refractivity contribution is -0.118. The van der Waals surface area contributed by atoms with Gasteiger partial charge >= 0.3 is 0 Å². The number of hydrogen-bond acceptors (Lipinski definition) is 4. The number of ether oxygens (including phenoxy) is 1. The molecule has 0 saturated carbocycles.